The SMILES string of the molecule is c1ccc(-c2ccc(-c3nc(-c4ccc5c(c4)oc4cc(-c6ccc(-c7ccccc7)cc6)c6ccccc6c45)nc4ccccc34)cc2)cc1. The molecule has 51 heavy (non-hydrogen) atoms. The summed E-state index contributed by atoms with van der Waals surface area (Å²) in [7, 11) is 0. The highest BCUT2D eigenvalue weighted by atomic mass is 16.3. The Hall–Kier alpha value is -6.84. The van der Waals surface area contributed by atoms with E-state index in [1.165, 1.54) is 33.0 Å². The first kappa shape index (κ1) is 29.1. The highest BCUT2D eigenvalue weighted by Crippen LogP contribution is 2.41. The van der Waals surface area contributed by atoms with E-state index in [9.17, 15) is 0 Å². The third-order valence-corrected chi connectivity index (χ3v) is 9.91. The van der Waals surface area contributed by atoms with Gasteiger partial charge in [-0.05, 0) is 68.4 Å². The Labute approximate surface area is 295 Å². The van der Waals surface area contributed by atoms with Crippen molar-refractivity contribution >= 4 is 43.6 Å². The third-order valence-electron chi connectivity index (χ3n) is 9.91. The molecular weight excluding hydrogens is 621 g/mol. The molecule has 0 bridgehead atoms. The number of hydrogen-bond acceptors (Lipinski definition) is 3. The smallest absolute Gasteiger partial charge is 0.160 e. The average Bonchev–Trinajstić information content (AvgIpc) is 3.59. The Balaban J connectivity index is 1.08. The summed E-state index contributed by atoms with van der Waals surface area (Å²) in [6.07, 6.45) is 0. The summed E-state index contributed by atoms with van der Waals surface area (Å²) >= 11 is 0. The molecule has 0 aliphatic heterocycles. The number of benzene rings is 8. The first-order chi connectivity index (χ1) is 25.3. The fourth-order valence-corrected chi connectivity index (χ4v) is 7.37. The maximum Gasteiger partial charge on any atom is 0.160 e. The first-order valence-corrected chi connectivity index (χ1v) is 17.2. The van der Waals surface area contributed by atoms with Crippen LogP contribution < -0.4 is 0 Å². The largest absolute Gasteiger partial charge is 0.456 e. The van der Waals surface area contributed by atoms with Crippen LogP contribution in [0.1, 0.15) is 0 Å². The molecule has 0 aliphatic rings. The zero-order chi connectivity index (χ0) is 33.7. The molecule has 2 aromatic heterocycles. The summed E-state index contributed by atoms with van der Waals surface area (Å²) in [6.45, 7) is 0. The summed E-state index contributed by atoms with van der Waals surface area (Å²) in [5, 5.41) is 5.59. The standard InChI is InChI=1S/C48H30N2O/c1-3-11-31(12-4-1)33-19-23-35(24-20-33)42-30-45-46(39-16-8-7-15-38(39)42)41-28-27-37(29-44(41)51-45)48-49-43-18-10-9-17-40(43)47(50-48)36-25-21-34(22-26-36)32-13-5-2-6-14-32/h1-30H. The van der Waals surface area contributed by atoms with E-state index in [-0.39, 0.29) is 0 Å². The van der Waals surface area contributed by atoms with Gasteiger partial charge in [0.15, 0.2) is 5.82 Å². The quantitative estimate of drug-likeness (QED) is 0.186. The Morgan fingerprint density at radius 1 is 0.333 bits per heavy atom. The molecule has 0 amide bonds. The lowest BCUT2D eigenvalue weighted by molar-refractivity contribution is 0.669. The highest BCUT2D eigenvalue weighted by molar-refractivity contribution is 6.22. The molecule has 0 aliphatic carbocycles. The summed E-state index contributed by atoms with van der Waals surface area (Å²) < 4.78 is 6.68. The van der Waals surface area contributed by atoms with Gasteiger partial charge in [0.2, 0.25) is 0 Å². The molecule has 8 aromatic carbocycles. The molecule has 10 aromatic rings. The molecule has 0 spiro atoms. The third kappa shape index (κ3) is 5.06. The molecule has 3 heteroatoms. The predicted molar refractivity (Wildman–Crippen MR) is 212 cm³/mol. The molecule has 0 radical (unpaired) electrons. The summed E-state index contributed by atoms with van der Waals surface area (Å²) in [6, 6.07) is 63.8. The van der Waals surface area contributed by atoms with Crippen LogP contribution in [0.15, 0.2) is 186 Å². The molecule has 0 fully saturated rings. The number of rotatable bonds is 5. The van der Waals surface area contributed by atoms with E-state index in [1.54, 1.807) is 0 Å². The van der Waals surface area contributed by atoms with E-state index >= 15 is 0 Å². The van der Waals surface area contributed by atoms with Crippen molar-refractivity contribution in [2.75, 3.05) is 0 Å². The minimum absolute atomic E-state index is 0.669. The lowest BCUT2D eigenvalue weighted by atomic mass is 9.93. The Kier molecular flexibility index (Phi) is 6.81. The zero-order valence-corrected chi connectivity index (χ0v) is 27.6. The predicted octanol–water partition coefficient (Wildman–Crippen LogP) is 13.0. The Morgan fingerprint density at radius 2 is 0.863 bits per heavy atom. The fraction of sp³-hybridized carbons (Fsp3) is 0. The van der Waals surface area contributed by atoms with E-state index in [0.717, 1.165) is 60.8 Å². The second-order valence-corrected chi connectivity index (χ2v) is 13.0. The van der Waals surface area contributed by atoms with E-state index in [0.29, 0.717) is 5.82 Å². The monoisotopic (exact) mass is 650 g/mol. The van der Waals surface area contributed by atoms with E-state index in [4.69, 9.17) is 14.4 Å². The number of furan rings is 1. The first-order valence-electron chi connectivity index (χ1n) is 17.2. The van der Waals surface area contributed by atoms with Gasteiger partial charge < -0.3 is 4.42 Å². The number of hydrogen-bond donors (Lipinski definition) is 0. The average molecular weight is 651 g/mol. The van der Waals surface area contributed by atoms with Crippen molar-refractivity contribution in [2.24, 2.45) is 0 Å². The Bertz CT molecular complexity index is 2870. The van der Waals surface area contributed by atoms with Crippen LogP contribution in [0.5, 0.6) is 0 Å². The van der Waals surface area contributed by atoms with Gasteiger partial charge in [-0.2, -0.15) is 0 Å². The van der Waals surface area contributed by atoms with Crippen molar-refractivity contribution < 1.29 is 4.42 Å². The maximum atomic E-state index is 6.68. The fourth-order valence-electron chi connectivity index (χ4n) is 7.37. The molecule has 238 valence electrons. The van der Waals surface area contributed by atoms with Crippen LogP contribution in [-0.4, -0.2) is 9.97 Å². The number of nitrogens with zero attached hydrogens (tertiary/aromatic N) is 2. The van der Waals surface area contributed by atoms with Gasteiger partial charge in [0.1, 0.15) is 11.2 Å². The van der Waals surface area contributed by atoms with Crippen LogP contribution in [0.3, 0.4) is 0 Å². The van der Waals surface area contributed by atoms with Crippen LogP contribution in [0.4, 0.5) is 0 Å². The molecule has 0 saturated carbocycles. The van der Waals surface area contributed by atoms with Crippen LogP contribution in [0.2, 0.25) is 0 Å². The van der Waals surface area contributed by atoms with Gasteiger partial charge in [-0.3, -0.25) is 0 Å². The topological polar surface area (TPSA) is 38.9 Å². The molecule has 0 saturated heterocycles. The van der Waals surface area contributed by atoms with Crippen molar-refractivity contribution in [1.29, 1.82) is 0 Å². The summed E-state index contributed by atoms with van der Waals surface area (Å²) in [5.74, 6) is 0.669. The van der Waals surface area contributed by atoms with Crippen molar-refractivity contribution in [1.82, 2.24) is 9.97 Å². The second-order valence-electron chi connectivity index (χ2n) is 13.0. The molecule has 0 N–H and O–H groups in total. The van der Waals surface area contributed by atoms with Crippen molar-refractivity contribution in [2.45, 2.75) is 0 Å². The van der Waals surface area contributed by atoms with Gasteiger partial charge in [-0.1, -0.05) is 158 Å². The number of aromatic nitrogens is 2. The van der Waals surface area contributed by atoms with E-state index < -0.39 is 0 Å². The number of fused-ring (bicyclic) bond motifs is 6. The van der Waals surface area contributed by atoms with Crippen molar-refractivity contribution in [3.63, 3.8) is 0 Å². The maximum absolute atomic E-state index is 6.68. The summed E-state index contributed by atoms with van der Waals surface area (Å²) in [5.41, 5.74) is 12.5. The molecule has 0 atom stereocenters. The van der Waals surface area contributed by atoms with Gasteiger partial charge in [-0.15, -0.1) is 0 Å². The van der Waals surface area contributed by atoms with E-state index in [2.05, 4.69) is 158 Å². The minimum Gasteiger partial charge on any atom is -0.456 e. The van der Waals surface area contributed by atoms with Crippen molar-refractivity contribution in [3.05, 3.63) is 182 Å². The Morgan fingerprint density at radius 3 is 1.55 bits per heavy atom. The number of para-hydroxylation sites is 1. The van der Waals surface area contributed by atoms with Gasteiger partial charge in [0.05, 0.1) is 11.2 Å². The van der Waals surface area contributed by atoms with Gasteiger partial charge in [-0.25, -0.2) is 9.97 Å². The van der Waals surface area contributed by atoms with Crippen LogP contribution in [0, 0.1) is 0 Å². The van der Waals surface area contributed by atoms with E-state index in [1.807, 2.05) is 24.3 Å². The van der Waals surface area contributed by atoms with Gasteiger partial charge >= 0.3 is 0 Å². The highest BCUT2D eigenvalue weighted by Gasteiger charge is 2.17. The van der Waals surface area contributed by atoms with Gasteiger partial charge in [0, 0.05) is 27.3 Å². The molecule has 3 nitrogen and oxygen atoms in total. The normalized spacial score (nSPS) is 11.5. The lowest BCUT2D eigenvalue weighted by Gasteiger charge is -2.10. The molecule has 2 heterocycles. The lowest BCUT2D eigenvalue weighted by Crippen LogP contribution is -1.95. The van der Waals surface area contributed by atoms with Crippen molar-refractivity contribution in [3.8, 4) is 56.0 Å². The summed E-state index contributed by atoms with van der Waals surface area (Å²) in [4.78, 5) is 10.2. The zero-order valence-electron chi connectivity index (χ0n) is 27.6. The van der Waals surface area contributed by atoms with Crippen LogP contribution >= 0.6 is 0 Å². The second kappa shape index (κ2) is 11.9. The molecule has 10 rings (SSSR count). The van der Waals surface area contributed by atoms with Crippen LogP contribution in [0.25, 0.3) is 99.6 Å². The minimum atomic E-state index is 0.669. The molecular formula is C48H30N2O. The van der Waals surface area contributed by atoms with Crippen LogP contribution in [-0.2, 0) is 0 Å². The van der Waals surface area contributed by atoms with Gasteiger partial charge in [0.25, 0.3) is 0 Å². The molecule has 0 unspecified atom stereocenters.